The predicted molar refractivity (Wildman–Crippen MR) is 108 cm³/mol. The molecule has 8 heteroatoms. The highest BCUT2D eigenvalue weighted by Gasteiger charge is 2.34. The first-order valence-electron chi connectivity index (χ1n) is 9.62. The van der Waals surface area contributed by atoms with E-state index in [9.17, 15) is 18.0 Å². The Kier molecular flexibility index (Phi) is 7.22. The Balaban J connectivity index is 2.00. The number of likely N-dealkylation sites (N-methyl/N-ethyl adjacent to an activating group) is 1. The molecule has 0 aliphatic carbocycles. The number of carbonyl (C=O) groups excluding carboxylic acids is 2. The molecule has 1 heterocycles. The first-order valence-corrected chi connectivity index (χ1v) is 11.1. The van der Waals surface area contributed by atoms with E-state index in [1.165, 1.54) is 9.21 Å². The number of benzene rings is 1. The molecule has 0 saturated carbocycles. The summed E-state index contributed by atoms with van der Waals surface area (Å²) in [5.74, 6) is -0.634. The molecule has 0 bridgehead atoms. The number of aryl methyl sites for hydroxylation is 1. The summed E-state index contributed by atoms with van der Waals surface area (Å²) < 4.78 is 27.0. The van der Waals surface area contributed by atoms with Crippen LogP contribution in [-0.2, 0) is 19.6 Å². The Hall–Kier alpha value is -1.93. The lowest BCUT2D eigenvalue weighted by atomic mass is 9.95. The van der Waals surface area contributed by atoms with Gasteiger partial charge < -0.3 is 10.2 Å². The average molecular weight is 410 g/mol. The third-order valence-corrected chi connectivity index (χ3v) is 7.07. The SMILES string of the molecule is Cc1ccc(S(=O)(=O)N2CCC(C(=O)N[C@H](C(=O)N(C)C)C(C)C)CC2)cc1. The molecular formula is C20H31N3O4S. The lowest BCUT2D eigenvalue weighted by molar-refractivity contribution is -0.137. The number of hydrogen-bond acceptors (Lipinski definition) is 4. The van der Waals surface area contributed by atoms with Crippen LogP contribution < -0.4 is 5.32 Å². The van der Waals surface area contributed by atoms with Crippen molar-refractivity contribution >= 4 is 21.8 Å². The smallest absolute Gasteiger partial charge is 0.244 e. The lowest BCUT2D eigenvalue weighted by Crippen LogP contribution is -2.52. The first kappa shape index (κ1) is 22.4. The predicted octanol–water partition coefficient (Wildman–Crippen LogP) is 1.62. The van der Waals surface area contributed by atoms with Gasteiger partial charge in [0.15, 0.2) is 0 Å². The number of nitrogens with one attached hydrogen (secondary N) is 1. The third kappa shape index (κ3) is 5.11. The maximum atomic E-state index is 12.8. The van der Waals surface area contributed by atoms with Crippen LogP contribution in [-0.4, -0.2) is 62.7 Å². The van der Waals surface area contributed by atoms with Gasteiger partial charge in [0.25, 0.3) is 0 Å². The van der Waals surface area contributed by atoms with E-state index in [0.717, 1.165) is 5.56 Å². The third-order valence-electron chi connectivity index (χ3n) is 5.15. The zero-order valence-electron chi connectivity index (χ0n) is 17.3. The molecule has 1 saturated heterocycles. The van der Waals surface area contributed by atoms with Gasteiger partial charge in [0.1, 0.15) is 6.04 Å². The topological polar surface area (TPSA) is 86.8 Å². The van der Waals surface area contributed by atoms with Gasteiger partial charge in [0, 0.05) is 33.1 Å². The zero-order valence-corrected chi connectivity index (χ0v) is 18.1. The van der Waals surface area contributed by atoms with E-state index in [2.05, 4.69) is 5.32 Å². The van der Waals surface area contributed by atoms with Crippen LogP contribution in [0.2, 0.25) is 0 Å². The van der Waals surface area contributed by atoms with Crippen molar-refractivity contribution < 1.29 is 18.0 Å². The van der Waals surface area contributed by atoms with Crippen LogP contribution in [0.25, 0.3) is 0 Å². The second-order valence-corrected chi connectivity index (χ2v) is 9.89. The molecule has 28 heavy (non-hydrogen) atoms. The van der Waals surface area contributed by atoms with Crippen LogP contribution in [0.15, 0.2) is 29.2 Å². The fourth-order valence-corrected chi connectivity index (χ4v) is 4.75. The highest BCUT2D eigenvalue weighted by Crippen LogP contribution is 2.24. The van der Waals surface area contributed by atoms with Gasteiger partial charge in [-0.3, -0.25) is 9.59 Å². The maximum Gasteiger partial charge on any atom is 0.244 e. The van der Waals surface area contributed by atoms with Gasteiger partial charge in [0.05, 0.1) is 4.90 Å². The van der Waals surface area contributed by atoms with Crippen molar-refractivity contribution in [1.82, 2.24) is 14.5 Å². The summed E-state index contributed by atoms with van der Waals surface area (Å²) in [6.07, 6.45) is 0.885. The van der Waals surface area contributed by atoms with Crippen molar-refractivity contribution in [1.29, 1.82) is 0 Å². The molecule has 1 aromatic rings. The molecule has 0 spiro atoms. The van der Waals surface area contributed by atoms with Gasteiger partial charge in [-0.25, -0.2) is 8.42 Å². The van der Waals surface area contributed by atoms with Gasteiger partial charge >= 0.3 is 0 Å². The minimum atomic E-state index is -3.55. The van der Waals surface area contributed by atoms with Gasteiger partial charge in [-0.05, 0) is 37.8 Å². The summed E-state index contributed by atoms with van der Waals surface area (Å²) in [7, 11) is -0.218. The van der Waals surface area contributed by atoms with Crippen LogP contribution in [0.1, 0.15) is 32.3 Å². The Bertz CT molecular complexity index is 795. The number of carbonyl (C=O) groups is 2. The minimum Gasteiger partial charge on any atom is -0.347 e. The van der Waals surface area contributed by atoms with Crippen molar-refractivity contribution in [2.24, 2.45) is 11.8 Å². The fraction of sp³-hybridized carbons (Fsp3) is 0.600. The average Bonchev–Trinajstić information content (AvgIpc) is 2.65. The molecule has 0 aromatic heterocycles. The van der Waals surface area contributed by atoms with E-state index in [1.807, 2.05) is 20.8 Å². The van der Waals surface area contributed by atoms with Crippen molar-refractivity contribution in [3.63, 3.8) is 0 Å². The number of piperidine rings is 1. The summed E-state index contributed by atoms with van der Waals surface area (Å²) in [6.45, 7) is 6.28. The monoisotopic (exact) mass is 409 g/mol. The Labute approximate surface area is 168 Å². The van der Waals surface area contributed by atoms with E-state index in [0.29, 0.717) is 25.9 Å². The molecule has 7 nitrogen and oxygen atoms in total. The lowest BCUT2D eigenvalue weighted by Gasteiger charge is -2.32. The first-order chi connectivity index (χ1) is 13.0. The van der Waals surface area contributed by atoms with Crippen molar-refractivity contribution in [2.45, 2.75) is 44.6 Å². The quantitative estimate of drug-likeness (QED) is 0.774. The molecule has 1 atom stereocenters. The molecule has 1 aromatic carbocycles. The van der Waals surface area contributed by atoms with Crippen LogP contribution in [0, 0.1) is 18.8 Å². The number of hydrogen-bond donors (Lipinski definition) is 1. The van der Waals surface area contributed by atoms with Crippen LogP contribution in [0.5, 0.6) is 0 Å². The molecule has 0 unspecified atom stereocenters. The van der Waals surface area contributed by atoms with E-state index in [4.69, 9.17) is 0 Å². The van der Waals surface area contributed by atoms with Crippen LogP contribution in [0.4, 0.5) is 0 Å². The summed E-state index contributed by atoms with van der Waals surface area (Å²) in [4.78, 5) is 26.7. The van der Waals surface area contributed by atoms with Crippen molar-refractivity contribution in [3.8, 4) is 0 Å². The highest BCUT2D eigenvalue weighted by molar-refractivity contribution is 7.89. The zero-order chi connectivity index (χ0) is 21.1. The minimum absolute atomic E-state index is 0.0270. The van der Waals surface area contributed by atoms with Gasteiger partial charge in [-0.1, -0.05) is 31.5 Å². The van der Waals surface area contributed by atoms with E-state index in [1.54, 1.807) is 38.4 Å². The van der Waals surface area contributed by atoms with E-state index in [-0.39, 0.29) is 28.5 Å². The molecule has 1 aliphatic rings. The van der Waals surface area contributed by atoms with Gasteiger partial charge in [0.2, 0.25) is 21.8 Å². The molecule has 1 N–H and O–H groups in total. The summed E-state index contributed by atoms with van der Waals surface area (Å²) in [5.41, 5.74) is 1.00. The molecule has 1 aliphatic heterocycles. The fourth-order valence-electron chi connectivity index (χ4n) is 3.28. The van der Waals surface area contributed by atoms with E-state index < -0.39 is 16.1 Å². The summed E-state index contributed by atoms with van der Waals surface area (Å²) in [6, 6.07) is 6.21. The van der Waals surface area contributed by atoms with Crippen molar-refractivity contribution in [3.05, 3.63) is 29.8 Å². The normalized spacial score (nSPS) is 17.4. The summed E-state index contributed by atoms with van der Waals surface area (Å²) in [5, 5.41) is 2.86. The molecule has 2 amide bonds. The molecule has 156 valence electrons. The van der Waals surface area contributed by atoms with Gasteiger partial charge in [-0.2, -0.15) is 4.31 Å². The summed E-state index contributed by atoms with van der Waals surface area (Å²) >= 11 is 0. The maximum absolute atomic E-state index is 12.8. The number of sulfonamides is 1. The number of amides is 2. The van der Waals surface area contributed by atoms with E-state index >= 15 is 0 Å². The highest BCUT2D eigenvalue weighted by atomic mass is 32.2. The molecular weight excluding hydrogens is 378 g/mol. The number of rotatable bonds is 6. The second kappa shape index (κ2) is 9.05. The Morgan fingerprint density at radius 3 is 2.11 bits per heavy atom. The largest absolute Gasteiger partial charge is 0.347 e. The standard InChI is InChI=1S/C20H31N3O4S/c1-14(2)18(20(25)22(4)5)21-19(24)16-10-12-23(13-11-16)28(26,27)17-8-6-15(3)7-9-17/h6-9,14,16,18H,10-13H2,1-5H3,(H,21,24)/t18-/m0/s1. The van der Waals surface area contributed by atoms with Crippen molar-refractivity contribution in [2.75, 3.05) is 27.2 Å². The molecule has 1 fully saturated rings. The Morgan fingerprint density at radius 1 is 1.11 bits per heavy atom. The Morgan fingerprint density at radius 2 is 1.64 bits per heavy atom. The van der Waals surface area contributed by atoms with Crippen LogP contribution in [0.3, 0.4) is 0 Å². The number of nitrogens with zero attached hydrogens (tertiary/aromatic N) is 2. The van der Waals surface area contributed by atoms with Crippen LogP contribution >= 0.6 is 0 Å². The van der Waals surface area contributed by atoms with Gasteiger partial charge in [-0.15, -0.1) is 0 Å². The second-order valence-electron chi connectivity index (χ2n) is 7.95. The molecule has 2 rings (SSSR count). The molecule has 0 radical (unpaired) electrons.